The van der Waals surface area contributed by atoms with Crippen molar-refractivity contribution in [2.45, 2.75) is 31.9 Å². The number of carbonyl (C=O) groups excluding carboxylic acids is 1. The SMILES string of the molecule is NCc1cc(F)ccc1OC1CCCCNC1=O. The fraction of sp³-hybridized carbons (Fsp3) is 0.462. The predicted octanol–water partition coefficient (Wildman–Crippen LogP) is 1.33. The van der Waals surface area contributed by atoms with E-state index in [-0.39, 0.29) is 18.3 Å². The van der Waals surface area contributed by atoms with Gasteiger partial charge in [-0.05, 0) is 37.5 Å². The lowest BCUT2D eigenvalue weighted by molar-refractivity contribution is -0.127. The first-order valence-corrected chi connectivity index (χ1v) is 6.13. The number of nitrogens with one attached hydrogen (secondary N) is 1. The highest BCUT2D eigenvalue weighted by Gasteiger charge is 2.23. The Morgan fingerprint density at radius 2 is 2.28 bits per heavy atom. The van der Waals surface area contributed by atoms with Crippen molar-refractivity contribution in [2.75, 3.05) is 6.54 Å². The van der Waals surface area contributed by atoms with Crippen molar-refractivity contribution in [3.8, 4) is 5.75 Å². The van der Waals surface area contributed by atoms with E-state index < -0.39 is 6.10 Å². The number of benzene rings is 1. The van der Waals surface area contributed by atoms with Gasteiger partial charge in [0.25, 0.3) is 5.91 Å². The number of hydrogen-bond acceptors (Lipinski definition) is 3. The number of ether oxygens (including phenoxy) is 1. The summed E-state index contributed by atoms with van der Waals surface area (Å²) in [5.41, 5.74) is 6.12. The van der Waals surface area contributed by atoms with Crippen molar-refractivity contribution in [3.05, 3.63) is 29.6 Å². The lowest BCUT2D eigenvalue weighted by Crippen LogP contribution is -2.36. The quantitative estimate of drug-likeness (QED) is 0.853. The minimum atomic E-state index is -0.511. The number of hydrogen-bond donors (Lipinski definition) is 2. The molecule has 5 heteroatoms. The molecule has 2 rings (SSSR count). The third-order valence-corrected chi connectivity index (χ3v) is 3.00. The maximum absolute atomic E-state index is 13.1. The predicted molar refractivity (Wildman–Crippen MR) is 65.6 cm³/mol. The summed E-state index contributed by atoms with van der Waals surface area (Å²) in [5.74, 6) is 0.0221. The number of nitrogens with two attached hydrogens (primary N) is 1. The molecule has 1 unspecified atom stereocenters. The molecule has 0 saturated carbocycles. The van der Waals surface area contributed by atoms with Gasteiger partial charge >= 0.3 is 0 Å². The summed E-state index contributed by atoms with van der Waals surface area (Å²) in [6.45, 7) is 0.868. The number of halogens is 1. The second-order valence-electron chi connectivity index (χ2n) is 4.35. The van der Waals surface area contributed by atoms with Gasteiger partial charge in [-0.3, -0.25) is 4.79 Å². The Morgan fingerprint density at radius 1 is 1.44 bits per heavy atom. The summed E-state index contributed by atoms with van der Waals surface area (Å²) < 4.78 is 18.7. The van der Waals surface area contributed by atoms with Crippen LogP contribution in [0.4, 0.5) is 4.39 Å². The van der Waals surface area contributed by atoms with Crippen LogP contribution in [0.1, 0.15) is 24.8 Å². The highest BCUT2D eigenvalue weighted by Crippen LogP contribution is 2.22. The Hall–Kier alpha value is -1.62. The maximum Gasteiger partial charge on any atom is 0.261 e. The van der Waals surface area contributed by atoms with Crippen molar-refractivity contribution in [2.24, 2.45) is 5.73 Å². The largest absolute Gasteiger partial charge is 0.480 e. The van der Waals surface area contributed by atoms with Gasteiger partial charge in [0.2, 0.25) is 0 Å². The van der Waals surface area contributed by atoms with Gasteiger partial charge in [0.15, 0.2) is 6.10 Å². The molecule has 1 aromatic carbocycles. The normalized spacial score (nSPS) is 20.1. The molecule has 1 aromatic rings. The Balaban J connectivity index is 2.14. The van der Waals surface area contributed by atoms with E-state index in [2.05, 4.69) is 5.32 Å². The van der Waals surface area contributed by atoms with E-state index >= 15 is 0 Å². The van der Waals surface area contributed by atoms with Crippen molar-refractivity contribution in [1.82, 2.24) is 5.32 Å². The van der Waals surface area contributed by atoms with Crippen molar-refractivity contribution in [1.29, 1.82) is 0 Å². The van der Waals surface area contributed by atoms with Gasteiger partial charge in [-0.1, -0.05) is 0 Å². The summed E-state index contributed by atoms with van der Waals surface area (Å²) in [4.78, 5) is 11.7. The van der Waals surface area contributed by atoms with Crippen molar-refractivity contribution in [3.63, 3.8) is 0 Å². The molecule has 3 N–H and O–H groups in total. The third-order valence-electron chi connectivity index (χ3n) is 3.00. The van der Waals surface area contributed by atoms with E-state index in [0.29, 0.717) is 24.3 Å². The zero-order chi connectivity index (χ0) is 13.0. The van der Waals surface area contributed by atoms with Crippen LogP contribution in [-0.4, -0.2) is 18.6 Å². The standard InChI is InChI=1S/C13H17FN2O2/c14-10-4-5-11(9(7-10)8-15)18-12-3-1-2-6-16-13(12)17/h4-5,7,12H,1-3,6,8,15H2,(H,16,17). The van der Waals surface area contributed by atoms with Gasteiger partial charge < -0.3 is 15.8 Å². The molecular formula is C13H17FN2O2. The number of rotatable bonds is 3. The monoisotopic (exact) mass is 252 g/mol. The Kier molecular flexibility index (Phi) is 4.15. The van der Waals surface area contributed by atoms with E-state index in [1.165, 1.54) is 18.2 Å². The van der Waals surface area contributed by atoms with Crippen LogP contribution in [0.25, 0.3) is 0 Å². The summed E-state index contributed by atoms with van der Waals surface area (Å²) in [7, 11) is 0. The minimum Gasteiger partial charge on any atom is -0.480 e. The molecule has 1 atom stereocenters. The molecule has 1 amide bonds. The van der Waals surface area contributed by atoms with Crippen molar-refractivity contribution < 1.29 is 13.9 Å². The average Bonchev–Trinajstić information content (AvgIpc) is 2.57. The van der Waals surface area contributed by atoms with Gasteiger partial charge in [0.1, 0.15) is 11.6 Å². The molecule has 0 bridgehead atoms. The fourth-order valence-electron chi connectivity index (χ4n) is 2.00. The van der Waals surface area contributed by atoms with E-state index in [1.54, 1.807) is 0 Å². The van der Waals surface area contributed by atoms with E-state index in [9.17, 15) is 9.18 Å². The smallest absolute Gasteiger partial charge is 0.261 e. The third kappa shape index (κ3) is 2.98. The number of carbonyl (C=O) groups is 1. The van der Waals surface area contributed by atoms with Gasteiger partial charge in [-0.25, -0.2) is 4.39 Å². The molecule has 0 radical (unpaired) electrons. The molecule has 0 aliphatic carbocycles. The lowest BCUT2D eigenvalue weighted by atomic mass is 10.1. The Bertz CT molecular complexity index is 437. The summed E-state index contributed by atoms with van der Waals surface area (Å²) >= 11 is 0. The highest BCUT2D eigenvalue weighted by atomic mass is 19.1. The van der Waals surface area contributed by atoms with E-state index in [1.807, 2.05) is 0 Å². The van der Waals surface area contributed by atoms with Crippen LogP contribution in [0.5, 0.6) is 5.75 Å². The highest BCUT2D eigenvalue weighted by molar-refractivity contribution is 5.81. The maximum atomic E-state index is 13.1. The zero-order valence-electron chi connectivity index (χ0n) is 10.1. The Morgan fingerprint density at radius 3 is 3.06 bits per heavy atom. The van der Waals surface area contributed by atoms with E-state index in [4.69, 9.17) is 10.5 Å². The minimum absolute atomic E-state index is 0.111. The molecule has 1 aliphatic heterocycles. The molecule has 4 nitrogen and oxygen atoms in total. The fourth-order valence-corrected chi connectivity index (χ4v) is 2.00. The molecule has 18 heavy (non-hydrogen) atoms. The van der Waals surface area contributed by atoms with Crippen LogP contribution >= 0.6 is 0 Å². The van der Waals surface area contributed by atoms with Crippen molar-refractivity contribution >= 4 is 5.91 Å². The summed E-state index contributed by atoms with van der Waals surface area (Å²) in [5, 5.41) is 2.79. The number of amides is 1. The summed E-state index contributed by atoms with van der Waals surface area (Å²) in [6.07, 6.45) is 2.05. The average molecular weight is 252 g/mol. The van der Waals surface area contributed by atoms with Crippen LogP contribution in [0.3, 0.4) is 0 Å². The lowest BCUT2D eigenvalue weighted by Gasteiger charge is -2.18. The molecule has 0 spiro atoms. The zero-order valence-corrected chi connectivity index (χ0v) is 10.1. The molecule has 0 aromatic heterocycles. The molecule has 1 aliphatic rings. The molecular weight excluding hydrogens is 235 g/mol. The first-order valence-electron chi connectivity index (χ1n) is 6.13. The molecule has 1 fully saturated rings. The van der Waals surface area contributed by atoms with Gasteiger partial charge in [0.05, 0.1) is 0 Å². The summed E-state index contributed by atoms with van der Waals surface area (Å²) in [6, 6.07) is 4.17. The van der Waals surface area contributed by atoms with Crippen LogP contribution < -0.4 is 15.8 Å². The molecule has 1 heterocycles. The van der Waals surface area contributed by atoms with Crippen LogP contribution in [0.2, 0.25) is 0 Å². The topological polar surface area (TPSA) is 64.3 Å². The van der Waals surface area contributed by atoms with Crippen LogP contribution in [0, 0.1) is 5.82 Å². The first-order chi connectivity index (χ1) is 8.70. The second-order valence-corrected chi connectivity index (χ2v) is 4.35. The van der Waals surface area contributed by atoms with Crippen LogP contribution in [0.15, 0.2) is 18.2 Å². The Labute approximate surface area is 105 Å². The van der Waals surface area contributed by atoms with Gasteiger partial charge in [-0.15, -0.1) is 0 Å². The second kappa shape index (κ2) is 5.82. The van der Waals surface area contributed by atoms with Gasteiger partial charge in [0, 0.05) is 18.7 Å². The van der Waals surface area contributed by atoms with Crippen LogP contribution in [-0.2, 0) is 11.3 Å². The van der Waals surface area contributed by atoms with Gasteiger partial charge in [-0.2, -0.15) is 0 Å². The first kappa shape index (κ1) is 12.8. The molecule has 1 saturated heterocycles. The van der Waals surface area contributed by atoms with E-state index in [0.717, 1.165) is 12.8 Å². The molecule has 98 valence electrons.